The van der Waals surface area contributed by atoms with E-state index >= 15 is 0 Å². The van der Waals surface area contributed by atoms with Crippen molar-refractivity contribution in [2.24, 2.45) is 0 Å². The van der Waals surface area contributed by atoms with E-state index in [2.05, 4.69) is 65.2 Å². The normalized spacial score (nSPS) is 11.8. The summed E-state index contributed by atoms with van der Waals surface area (Å²) in [6.45, 7) is 0. The molecule has 0 fully saturated rings. The minimum atomic E-state index is 0.564. The van der Waals surface area contributed by atoms with E-state index in [4.69, 9.17) is 24.4 Å². The maximum absolute atomic E-state index is 6.60. The average molecular weight is 616 g/mol. The first-order valence-corrected chi connectivity index (χ1v) is 15.9. The zero-order chi connectivity index (χ0) is 31.6. The second-order valence-corrected chi connectivity index (χ2v) is 11.9. The molecule has 0 atom stereocenters. The van der Waals surface area contributed by atoms with Crippen LogP contribution in [0.25, 0.3) is 94.5 Å². The van der Waals surface area contributed by atoms with Gasteiger partial charge in [0.2, 0.25) is 0 Å². The highest BCUT2D eigenvalue weighted by Crippen LogP contribution is 2.42. The highest BCUT2D eigenvalue weighted by molar-refractivity contribution is 6.27. The molecule has 0 unspecified atom stereocenters. The number of pyridine rings is 1. The number of benzene rings is 6. The number of fused-ring (bicyclic) bond motifs is 9. The third-order valence-electron chi connectivity index (χ3n) is 9.10. The first-order valence-electron chi connectivity index (χ1n) is 15.9. The van der Waals surface area contributed by atoms with Crippen molar-refractivity contribution >= 4 is 54.5 Å². The molecule has 48 heavy (non-hydrogen) atoms. The van der Waals surface area contributed by atoms with E-state index in [0.717, 1.165) is 60.9 Å². The fourth-order valence-corrected chi connectivity index (χ4v) is 6.87. The number of nitrogens with zero attached hydrogens (tertiary/aromatic N) is 5. The molecule has 4 aromatic heterocycles. The quantitative estimate of drug-likeness (QED) is 0.197. The van der Waals surface area contributed by atoms with E-state index < -0.39 is 0 Å². The van der Waals surface area contributed by atoms with Gasteiger partial charge < -0.3 is 4.42 Å². The Morgan fingerprint density at radius 1 is 0.458 bits per heavy atom. The fourth-order valence-electron chi connectivity index (χ4n) is 6.87. The van der Waals surface area contributed by atoms with E-state index in [-0.39, 0.29) is 0 Å². The molecule has 0 aliphatic carbocycles. The lowest BCUT2D eigenvalue weighted by atomic mass is 10.0. The van der Waals surface area contributed by atoms with Gasteiger partial charge in [0.1, 0.15) is 11.4 Å². The number of hydrogen-bond acceptors (Lipinski definition) is 5. The van der Waals surface area contributed by atoms with Crippen LogP contribution in [0, 0.1) is 0 Å². The molecule has 0 aliphatic rings. The van der Waals surface area contributed by atoms with Crippen molar-refractivity contribution in [3.63, 3.8) is 0 Å². The van der Waals surface area contributed by atoms with Gasteiger partial charge in [0.25, 0.3) is 0 Å². The van der Waals surface area contributed by atoms with Crippen LogP contribution in [0.2, 0.25) is 0 Å². The van der Waals surface area contributed by atoms with Gasteiger partial charge in [-0.2, -0.15) is 0 Å². The third-order valence-corrected chi connectivity index (χ3v) is 9.10. The molecule has 0 saturated carbocycles. The van der Waals surface area contributed by atoms with E-state index in [0.29, 0.717) is 17.5 Å². The van der Waals surface area contributed by atoms with Crippen molar-refractivity contribution in [3.8, 4) is 40.0 Å². The molecule has 0 aliphatic heterocycles. The number of furan rings is 1. The van der Waals surface area contributed by atoms with E-state index in [1.165, 1.54) is 16.2 Å². The van der Waals surface area contributed by atoms with E-state index in [1.54, 1.807) is 0 Å². The molecule has 6 nitrogen and oxygen atoms in total. The Morgan fingerprint density at radius 2 is 1.08 bits per heavy atom. The van der Waals surface area contributed by atoms with Crippen molar-refractivity contribution < 1.29 is 4.42 Å². The smallest absolute Gasteiger partial charge is 0.165 e. The van der Waals surface area contributed by atoms with Crippen LogP contribution in [0.3, 0.4) is 0 Å². The molecule has 6 heteroatoms. The van der Waals surface area contributed by atoms with Gasteiger partial charge in [0.05, 0.1) is 11.0 Å². The average Bonchev–Trinajstić information content (AvgIpc) is 3.72. The van der Waals surface area contributed by atoms with Crippen molar-refractivity contribution in [1.82, 2.24) is 24.5 Å². The van der Waals surface area contributed by atoms with Crippen LogP contribution >= 0.6 is 0 Å². The zero-order valence-electron chi connectivity index (χ0n) is 25.6. The SMILES string of the molecule is c1ccc(-c2nc(-c3ccccc3)nc(-c3ccc(-n4c5ccc6ccccc6c5c5ccc6c7ccccc7oc6c54)nc3)n2)cc1. The summed E-state index contributed by atoms with van der Waals surface area (Å²) in [4.78, 5) is 19.7. The molecule has 0 spiro atoms. The summed E-state index contributed by atoms with van der Waals surface area (Å²) in [7, 11) is 0. The van der Waals surface area contributed by atoms with Crippen LogP contribution in [-0.4, -0.2) is 24.5 Å². The predicted octanol–water partition coefficient (Wildman–Crippen LogP) is 10.4. The highest BCUT2D eigenvalue weighted by atomic mass is 16.3. The minimum Gasteiger partial charge on any atom is -0.454 e. The Kier molecular flexibility index (Phi) is 5.77. The molecule has 224 valence electrons. The summed E-state index contributed by atoms with van der Waals surface area (Å²) in [5.74, 6) is 2.58. The van der Waals surface area contributed by atoms with Crippen molar-refractivity contribution in [2.45, 2.75) is 0 Å². The van der Waals surface area contributed by atoms with Crippen LogP contribution in [0.15, 0.2) is 156 Å². The van der Waals surface area contributed by atoms with Crippen LogP contribution in [0.5, 0.6) is 0 Å². The molecule has 10 rings (SSSR count). The lowest BCUT2D eigenvalue weighted by Gasteiger charge is -2.10. The fraction of sp³-hybridized carbons (Fsp3) is 0. The Balaban J connectivity index is 1.20. The largest absolute Gasteiger partial charge is 0.454 e. The van der Waals surface area contributed by atoms with Crippen molar-refractivity contribution in [3.05, 3.63) is 152 Å². The van der Waals surface area contributed by atoms with Crippen LogP contribution in [-0.2, 0) is 0 Å². The van der Waals surface area contributed by atoms with Crippen LogP contribution in [0.1, 0.15) is 0 Å². The number of para-hydroxylation sites is 1. The molecule has 0 N–H and O–H groups in total. The Hall–Kier alpha value is -6.66. The van der Waals surface area contributed by atoms with Gasteiger partial charge in [-0.1, -0.05) is 115 Å². The van der Waals surface area contributed by atoms with Gasteiger partial charge in [-0.05, 0) is 41.1 Å². The molecule has 0 bridgehead atoms. The Bertz CT molecular complexity index is 2760. The van der Waals surface area contributed by atoms with E-state index in [1.807, 2.05) is 91.1 Å². The first kappa shape index (κ1) is 26.5. The monoisotopic (exact) mass is 615 g/mol. The molecule has 0 radical (unpaired) electrons. The topological polar surface area (TPSA) is 69.6 Å². The number of rotatable bonds is 4. The maximum atomic E-state index is 6.60. The van der Waals surface area contributed by atoms with Gasteiger partial charge >= 0.3 is 0 Å². The number of hydrogen-bond donors (Lipinski definition) is 0. The van der Waals surface area contributed by atoms with Gasteiger partial charge in [-0.3, -0.25) is 4.57 Å². The summed E-state index contributed by atoms with van der Waals surface area (Å²) in [5.41, 5.74) is 6.42. The Morgan fingerprint density at radius 3 is 1.79 bits per heavy atom. The molecule has 0 amide bonds. The Labute approximate surface area is 274 Å². The predicted molar refractivity (Wildman–Crippen MR) is 193 cm³/mol. The summed E-state index contributed by atoms with van der Waals surface area (Å²) in [6, 6.07) is 49.6. The van der Waals surface area contributed by atoms with Gasteiger partial charge in [-0.25, -0.2) is 19.9 Å². The summed E-state index contributed by atoms with van der Waals surface area (Å²) in [5, 5.41) is 6.85. The lowest BCUT2D eigenvalue weighted by molar-refractivity contribution is 0.671. The summed E-state index contributed by atoms with van der Waals surface area (Å²) in [6.07, 6.45) is 1.85. The highest BCUT2D eigenvalue weighted by Gasteiger charge is 2.21. The molecule has 10 aromatic rings. The van der Waals surface area contributed by atoms with Gasteiger partial charge in [0.15, 0.2) is 23.1 Å². The van der Waals surface area contributed by atoms with Crippen LogP contribution < -0.4 is 0 Å². The molecule has 0 saturated heterocycles. The molecule has 4 heterocycles. The number of aromatic nitrogens is 5. The zero-order valence-corrected chi connectivity index (χ0v) is 25.6. The van der Waals surface area contributed by atoms with Crippen molar-refractivity contribution in [2.75, 3.05) is 0 Å². The van der Waals surface area contributed by atoms with E-state index in [9.17, 15) is 0 Å². The second-order valence-electron chi connectivity index (χ2n) is 11.9. The van der Waals surface area contributed by atoms with Gasteiger partial charge in [-0.15, -0.1) is 0 Å². The maximum Gasteiger partial charge on any atom is 0.165 e. The molecular weight excluding hydrogens is 590 g/mol. The first-order chi connectivity index (χ1) is 23.8. The van der Waals surface area contributed by atoms with Gasteiger partial charge in [0, 0.05) is 44.4 Å². The lowest BCUT2D eigenvalue weighted by Crippen LogP contribution is -2.01. The van der Waals surface area contributed by atoms with Crippen molar-refractivity contribution in [1.29, 1.82) is 0 Å². The third kappa shape index (κ3) is 4.06. The second kappa shape index (κ2) is 10.4. The van der Waals surface area contributed by atoms with Crippen LogP contribution in [0.4, 0.5) is 0 Å². The minimum absolute atomic E-state index is 0.564. The summed E-state index contributed by atoms with van der Waals surface area (Å²) < 4.78 is 8.82. The molecule has 6 aromatic carbocycles. The summed E-state index contributed by atoms with van der Waals surface area (Å²) >= 11 is 0. The standard InChI is InChI=1S/C42H25N5O/c1-3-12-27(13-4-1)40-44-41(28-14-5-2-6-15-28)46-42(45-40)29-20-24-36(43-25-29)47-34-23-19-26-11-7-8-16-30(26)37(34)33-22-21-32-31-17-9-10-18-35(31)48-39(32)38(33)47/h1-25H. The molecular formula is C42H25N5O.